The number of ketones is 1. The van der Waals surface area contributed by atoms with Crippen LogP contribution in [0.2, 0.25) is 0 Å². The van der Waals surface area contributed by atoms with E-state index in [2.05, 4.69) is 5.32 Å². The number of hydrogen-bond donors (Lipinski definition) is 4. The van der Waals surface area contributed by atoms with Crippen LogP contribution in [-0.2, 0) is 20.9 Å². The number of hydroxylamine groups is 2. The van der Waals surface area contributed by atoms with Crippen molar-refractivity contribution in [3.63, 3.8) is 0 Å². The number of fused-ring (bicyclic) bond motifs is 5. The number of carbonyl (C=O) groups is 3. The van der Waals surface area contributed by atoms with Crippen LogP contribution in [0.25, 0.3) is 0 Å². The van der Waals surface area contributed by atoms with Crippen molar-refractivity contribution < 1.29 is 38.6 Å². The fourth-order valence-corrected chi connectivity index (χ4v) is 9.34. The van der Waals surface area contributed by atoms with Crippen LogP contribution in [0.4, 0.5) is 8.78 Å². The monoisotopic (exact) mass is 620 g/mol. The molecule has 1 aromatic rings. The summed E-state index contributed by atoms with van der Waals surface area (Å²) in [6, 6.07) is 6.72. The molecule has 4 aliphatic carbocycles. The Morgan fingerprint density at radius 2 is 1.81 bits per heavy atom. The highest BCUT2D eigenvalue weighted by molar-refractivity contribution is 8.14. The number of halogens is 2. The standard InChI is InChI=1S/C24H31F2NO4S.C8H11NO2/c1-12-7-14-15-9-17(25)16-8-13(28)5-6-23(16,3)24(15,26)18(29)10-22(14,2)20(12)21(31)32-11-19(30)27-4;1-9(11)6-7-2-4-8(10)5-3-7/h5-6,8,12,14-15,17-18,20,29H,7,9-11H2,1-4H3,(H,27,30);2-5,10-11H,6H2,1H3/t12-,14?,15?,17+,18?,20?,22?,23?,24+;/m1./s1. The van der Waals surface area contributed by atoms with Gasteiger partial charge in [-0.3, -0.25) is 14.4 Å². The number of thioether (sulfide) groups is 1. The first-order valence-corrected chi connectivity index (χ1v) is 15.6. The fourth-order valence-electron chi connectivity index (χ4n) is 8.24. The molecule has 0 spiro atoms. The van der Waals surface area contributed by atoms with E-state index >= 15 is 8.78 Å². The van der Waals surface area contributed by atoms with Gasteiger partial charge in [0.15, 0.2) is 16.6 Å². The van der Waals surface area contributed by atoms with E-state index in [1.54, 1.807) is 38.2 Å². The molecule has 4 N–H and O–H groups in total. The molecule has 1 aromatic carbocycles. The molecule has 4 aliphatic rings. The van der Waals surface area contributed by atoms with Crippen LogP contribution in [0.15, 0.2) is 48.1 Å². The minimum Gasteiger partial charge on any atom is -0.508 e. The van der Waals surface area contributed by atoms with Gasteiger partial charge in [0.1, 0.15) is 11.9 Å². The first kappa shape index (κ1) is 33.3. The molecule has 6 unspecified atom stereocenters. The van der Waals surface area contributed by atoms with E-state index in [4.69, 9.17) is 10.3 Å². The van der Waals surface area contributed by atoms with Crippen molar-refractivity contribution >= 4 is 28.6 Å². The lowest BCUT2D eigenvalue weighted by Crippen LogP contribution is -2.68. The molecule has 0 heterocycles. The fraction of sp³-hybridized carbons (Fsp3) is 0.594. The van der Waals surface area contributed by atoms with Gasteiger partial charge in [-0.2, -0.15) is 5.06 Å². The van der Waals surface area contributed by atoms with Gasteiger partial charge in [-0.1, -0.05) is 43.8 Å². The van der Waals surface area contributed by atoms with Crippen LogP contribution in [0, 0.1) is 34.5 Å². The van der Waals surface area contributed by atoms with Gasteiger partial charge < -0.3 is 20.7 Å². The van der Waals surface area contributed by atoms with Crippen LogP contribution >= 0.6 is 11.8 Å². The number of aromatic hydroxyl groups is 1. The zero-order valence-corrected chi connectivity index (χ0v) is 26.0. The molecule has 0 radical (unpaired) electrons. The lowest BCUT2D eigenvalue weighted by atomic mass is 9.45. The largest absolute Gasteiger partial charge is 0.508 e. The second-order valence-electron chi connectivity index (χ2n) is 12.9. The average Bonchev–Trinajstić information content (AvgIpc) is 3.20. The van der Waals surface area contributed by atoms with Crippen molar-refractivity contribution in [2.45, 2.75) is 64.5 Å². The Labute approximate surface area is 255 Å². The maximum absolute atomic E-state index is 17.0. The minimum atomic E-state index is -2.13. The summed E-state index contributed by atoms with van der Waals surface area (Å²) in [7, 11) is 3.08. The number of aliphatic hydroxyl groups is 1. The molecule has 0 aromatic heterocycles. The van der Waals surface area contributed by atoms with Gasteiger partial charge in [0.05, 0.1) is 11.9 Å². The zero-order valence-electron chi connectivity index (χ0n) is 25.2. The summed E-state index contributed by atoms with van der Waals surface area (Å²) < 4.78 is 32.4. The van der Waals surface area contributed by atoms with Crippen molar-refractivity contribution in [3.8, 4) is 5.75 Å². The molecule has 0 bridgehead atoms. The zero-order chi connectivity index (χ0) is 31.9. The predicted molar refractivity (Wildman–Crippen MR) is 160 cm³/mol. The van der Waals surface area contributed by atoms with E-state index in [1.165, 1.54) is 25.3 Å². The quantitative estimate of drug-likeness (QED) is 0.357. The Balaban J connectivity index is 0.000000324. The number of nitrogens with one attached hydrogen (secondary N) is 1. The number of amides is 1. The molecule has 236 valence electrons. The number of rotatable bonds is 5. The number of aliphatic hydroxyl groups excluding tert-OH is 1. The Morgan fingerprint density at radius 1 is 1.16 bits per heavy atom. The topological polar surface area (TPSA) is 127 Å². The maximum atomic E-state index is 17.0. The van der Waals surface area contributed by atoms with Crippen molar-refractivity contribution in [1.29, 1.82) is 0 Å². The summed E-state index contributed by atoms with van der Waals surface area (Å²) in [4.78, 5) is 36.7. The highest BCUT2D eigenvalue weighted by Gasteiger charge is 2.73. The smallest absolute Gasteiger partial charge is 0.230 e. The molecule has 11 heteroatoms. The number of carbonyl (C=O) groups excluding carboxylic acids is 3. The number of hydrogen-bond acceptors (Lipinski definition) is 8. The van der Waals surface area contributed by atoms with Crippen LogP contribution in [0.3, 0.4) is 0 Å². The summed E-state index contributed by atoms with van der Waals surface area (Å²) in [5.74, 6) is -1.96. The van der Waals surface area contributed by atoms with E-state index in [1.807, 2.05) is 13.8 Å². The lowest BCUT2D eigenvalue weighted by Gasteiger charge is -2.62. The van der Waals surface area contributed by atoms with Crippen molar-refractivity contribution in [2.24, 2.45) is 34.5 Å². The molecule has 0 aliphatic heterocycles. The maximum Gasteiger partial charge on any atom is 0.230 e. The molecule has 8 nitrogen and oxygen atoms in total. The third-order valence-corrected chi connectivity index (χ3v) is 11.1. The number of nitrogens with zero attached hydrogens (tertiary/aromatic N) is 1. The third-order valence-electron chi connectivity index (χ3n) is 10.2. The minimum absolute atomic E-state index is 0.00986. The Bertz CT molecular complexity index is 1310. The Hall–Kier alpha value is -2.60. The first-order chi connectivity index (χ1) is 20.1. The van der Waals surface area contributed by atoms with Crippen LogP contribution in [-0.4, -0.2) is 75.1 Å². The third kappa shape index (κ3) is 5.93. The van der Waals surface area contributed by atoms with Gasteiger partial charge in [-0.05, 0) is 78.9 Å². The highest BCUT2D eigenvalue weighted by atomic mass is 32.2. The first-order valence-electron chi connectivity index (χ1n) is 14.6. The number of allylic oxidation sites excluding steroid dienone is 4. The molecule has 0 saturated heterocycles. The summed E-state index contributed by atoms with van der Waals surface area (Å²) in [6.07, 6.45) is 1.50. The van der Waals surface area contributed by atoms with E-state index < -0.39 is 40.6 Å². The van der Waals surface area contributed by atoms with Gasteiger partial charge in [0.25, 0.3) is 0 Å². The molecule has 5 rings (SSSR count). The van der Waals surface area contributed by atoms with E-state index in [0.29, 0.717) is 13.0 Å². The van der Waals surface area contributed by atoms with Gasteiger partial charge in [0.2, 0.25) is 5.91 Å². The van der Waals surface area contributed by atoms with E-state index in [0.717, 1.165) is 22.4 Å². The van der Waals surface area contributed by atoms with Crippen LogP contribution < -0.4 is 5.32 Å². The van der Waals surface area contributed by atoms with E-state index in [9.17, 15) is 19.5 Å². The molecular formula is C32H42F2N2O6S. The van der Waals surface area contributed by atoms with E-state index in [-0.39, 0.29) is 58.6 Å². The van der Waals surface area contributed by atoms with Gasteiger partial charge >= 0.3 is 0 Å². The molecule has 3 fully saturated rings. The number of phenolic OH excluding ortho intramolecular Hbond substituents is 1. The number of benzene rings is 1. The molecular weight excluding hydrogens is 578 g/mol. The van der Waals surface area contributed by atoms with Gasteiger partial charge in [0, 0.05) is 37.9 Å². The van der Waals surface area contributed by atoms with Gasteiger partial charge in [-0.15, -0.1) is 0 Å². The van der Waals surface area contributed by atoms with Crippen molar-refractivity contribution in [3.05, 3.63) is 53.6 Å². The molecule has 9 atom stereocenters. The van der Waals surface area contributed by atoms with Crippen molar-refractivity contribution in [1.82, 2.24) is 10.4 Å². The average molecular weight is 621 g/mol. The Kier molecular flexibility index (Phi) is 9.62. The number of alkyl halides is 2. The van der Waals surface area contributed by atoms with Crippen LogP contribution in [0.1, 0.15) is 45.6 Å². The van der Waals surface area contributed by atoms with Crippen LogP contribution in [0.5, 0.6) is 5.75 Å². The summed E-state index contributed by atoms with van der Waals surface area (Å²) >= 11 is 0.954. The second-order valence-corrected chi connectivity index (χ2v) is 13.9. The molecule has 1 amide bonds. The lowest BCUT2D eigenvalue weighted by molar-refractivity contribution is -0.201. The Morgan fingerprint density at radius 3 is 2.42 bits per heavy atom. The summed E-state index contributed by atoms with van der Waals surface area (Å²) in [5.41, 5.74) is -3.17. The van der Waals surface area contributed by atoms with Crippen molar-refractivity contribution in [2.75, 3.05) is 19.8 Å². The highest BCUT2D eigenvalue weighted by Crippen LogP contribution is 2.70. The molecule has 43 heavy (non-hydrogen) atoms. The number of phenols is 1. The normalized spacial score (nSPS) is 37.8. The second kappa shape index (κ2) is 12.4. The molecule has 3 saturated carbocycles. The predicted octanol–water partition coefficient (Wildman–Crippen LogP) is 4.39. The van der Waals surface area contributed by atoms with Gasteiger partial charge in [-0.25, -0.2) is 8.78 Å². The summed E-state index contributed by atoms with van der Waals surface area (Å²) in [6.45, 7) is 5.90. The SMILES string of the molecule is CN(O)Cc1ccc(O)cc1.CNC(=O)CSC(=O)C1[C@H](C)CC2C3C[C@H](F)C4=CC(=O)C=CC4(C)[C@@]3(F)C(O)CC21C. The summed E-state index contributed by atoms with van der Waals surface area (Å²) in [5, 5.41) is 32.5.